The minimum Gasteiger partial charge on any atom is -0.454 e. The van der Waals surface area contributed by atoms with Crippen LogP contribution in [-0.2, 0) is 9.53 Å². The van der Waals surface area contributed by atoms with Crippen LogP contribution in [0, 0.1) is 0 Å². The summed E-state index contributed by atoms with van der Waals surface area (Å²) in [5.41, 5.74) is -0.990. The Morgan fingerprint density at radius 3 is 2.25 bits per heavy atom. The molecule has 0 spiro atoms. The molecule has 1 rings (SSSR count). The number of rotatable bonds is 2. The Balaban J connectivity index is 2.86. The molecule has 1 heterocycles. The molecule has 1 N–H and O–H groups in total. The fraction of sp³-hybridized carbons (Fsp3) is 0.875. The molecule has 1 saturated heterocycles. The van der Waals surface area contributed by atoms with Crippen LogP contribution in [0.15, 0.2) is 0 Å². The van der Waals surface area contributed by atoms with Gasteiger partial charge in [-0.25, -0.2) is 9.18 Å². The van der Waals surface area contributed by atoms with Gasteiger partial charge in [0.05, 0.1) is 0 Å². The molecular weight excluding hydrogens is 163 g/mol. The van der Waals surface area contributed by atoms with E-state index in [1.807, 2.05) is 0 Å². The van der Waals surface area contributed by atoms with Crippen LogP contribution in [0.2, 0.25) is 0 Å². The van der Waals surface area contributed by atoms with E-state index in [9.17, 15) is 14.3 Å². The van der Waals surface area contributed by atoms with Gasteiger partial charge in [0, 0.05) is 0 Å². The number of carbonyl (C=O) groups is 1. The molecule has 0 bridgehead atoms. The standard InChI is InChI=1S/C8H13FO3/c1-3-8(4-2)6(10)5(9)7(11)12-8/h5-6,10H,3-4H2,1-2H3/t5-,6-/m0/s1. The van der Waals surface area contributed by atoms with Crippen molar-refractivity contribution in [1.29, 1.82) is 0 Å². The number of hydrogen-bond donors (Lipinski definition) is 1. The first-order valence-electron chi connectivity index (χ1n) is 4.12. The molecule has 1 aliphatic heterocycles. The van der Waals surface area contributed by atoms with E-state index in [1.54, 1.807) is 13.8 Å². The Kier molecular flexibility index (Phi) is 2.37. The number of halogens is 1. The van der Waals surface area contributed by atoms with Gasteiger partial charge in [-0.3, -0.25) is 0 Å². The van der Waals surface area contributed by atoms with Gasteiger partial charge in [0.15, 0.2) is 0 Å². The first-order chi connectivity index (χ1) is 5.57. The summed E-state index contributed by atoms with van der Waals surface area (Å²) in [5, 5.41) is 9.36. The minimum atomic E-state index is -1.87. The number of carbonyl (C=O) groups excluding carboxylic acids is 1. The molecule has 0 radical (unpaired) electrons. The first-order valence-corrected chi connectivity index (χ1v) is 4.12. The Hall–Kier alpha value is -0.640. The predicted molar refractivity (Wildman–Crippen MR) is 40.3 cm³/mol. The van der Waals surface area contributed by atoms with Crippen LogP contribution in [-0.4, -0.2) is 29.0 Å². The third-order valence-electron chi connectivity index (χ3n) is 2.54. The van der Waals surface area contributed by atoms with Crippen LogP contribution in [0.3, 0.4) is 0 Å². The van der Waals surface area contributed by atoms with Crippen molar-refractivity contribution in [2.45, 2.75) is 44.6 Å². The third kappa shape index (κ3) is 1.10. The Bertz CT molecular complexity index is 189. The number of aliphatic hydroxyl groups is 1. The van der Waals surface area contributed by atoms with E-state index in [2.05, 4.69) is 0 Å². The smallest absolute Gasteiger partial charge is 0.344 e. The molecule has 0 amide bonds. The summed E-state index contributed by atoms with van der Waals surface area (Å²) in [5.74, 6) is -0.939. The van der Waals surface area contributed by atoms with Crippen LogP contribution >= 0.6 is 0 Å². The molecule has 1 fully saturated rings. The van der Waals surface area contributed by atoms with Crippen molar-refractivity contribution in [2.24, 2.45) is 0 Å². The van der Waals surface area contributed by atoms with E-state index in [1.165, 1.54) is 0 Å². The molecule has 0 aromatic carbocycles. The van der Waals surface area contributed by atoms with E-state index < -0.39 is 23.8 Å². The molecule has 3 nitrogen and oxygen atoms in total. The maximum atomic E-state index is 12.9. The molecule has 1 aliphatic rings. The topological polar surface area (TPSA) is 46.5 Å². The molecule has 0 aromatic heterocycles. The van der Waals surface area contributed by atoms with Crippen LogP contribution < -0.4 is 0 Å². The zero-order valence-electron chi connectivity index (χ0n) is 7.21. The summed E-state index contributed by atoms with van der Waals surface area (Å²) in [7, 11) is 0. The van der Waals surface area contributed by atoms with Crippen molar-refractivity contribution in [3.05, 3.63) is 0 Å². The highest BCUT2D eigenvalue weighted by Crippen LogP contribution is 2.34. The van der Waals surface area contributed by atoms with Crippen molar-refractivity contribution < 1.29 is 19.0 Å². The molecule has 70 valence electrons. The van der Waals surface area contributed by atoms with Gasteiger partial charge in [-0.2, -0.15) is 0 Å². The van der Waals surface area contributed by atoms with E-state index in [0.717, 1.165) is 0 Å². The normalized spacial score (nSPS) is 33.5. The zero-order valence-corrected chi connectivity index (χ0v) is 7.21. The average Bonchev–Trinajstić information content (AvgIpc) is 2.30. The van der Waals surface area contributed by atoms with Crippen molar-refractivity contribution in [3.8, 4) is 0 Å². The van der Waals surface area contributed by atoms with Gasteiger partial charge >= 0.3 is 5.97 Å². The van der Waals surface area contributed by atoms with E-state index in [-0.39, 0.29) is 0 Å². The zero-order chi connectivity index (χ0) is 9.35. The van der Waals surface area contributed by atoms with Gasteiger partial charge in [0.2, 0.25) is 6.17 Å². The molecular formula is C8H13FO3. The third-order valence-corrected chi connectivity index (χ3v) is 2.54. The lowest BCUT2D eigenvalue weighted by Gasteiger charge is -2.27. The van der Waals surface area contributed by atoms with Crippen LogP contribution in [0.25, 0.3) is 0 Å². The highest BCUT2D eigenvalue weighted by Gasteiger charge is 2.53. The van der Waals surface area contributed by atoms with E-state index >= 15 is 0 Å². The predicted octanol–water partition coefficient (Wildman–Crippen LogP) is 0.801. The Morgan fingerprint density at radius 2 is 2.08 bits per heavy atom. The number of alkyl halides is 1. The van der Waals surface area contributed by atoms with E-state index in [4.69, 9.17) is 4.74 Å². The van der Waals surface area contributed by atoms with Crippen molar-refractivity contribution in [2.75, 3.05) is 0 Å². The van der Waals surface area contributed by atoms with Gasteiger partial charge in [0.25, 0.3) is 0 Å². The average molecular weight is 176 g/mol. The van der Waals surface area contributed by atoms with Crippen molar-refractivity contribution in [1.82, 2.24) is 0 Å². The van der Waals surface area contributed by atoms with Crippen molar-refractivity contribution >= 4 is 5.97 Å². The second-order valence-electron chi connectivity index (χ2n) is 3.04. The van der Waals surface area contributed by atoms with Gasteiger partial charge in [-0.1, -0.05) is 13.8 Å². The number of hydrogen-bond acceptors (Lipinski definition) is 3. The highest BCUT2D eigenvalue weighted by atomic mass is 19.1. The lowest BCUT2D eigenvalue weighted by atomic mass is 9.90. The summed E-state index contributed by atoms with van der Waals surface area (Å²) in [6.45, 7) is 3.52. The van der Waals surface area contributed by atoms with Gasteiger partial charge in [-0.15, -0.1) is 0 Å². The molecule has 0 aromatic rings. The SMILES string of the molecule is CCC1(CC)OC(=O)[C@@H](F)[C@@H]1O. The summed E-state index contributed by atoms with van der Waals surface area (Å²) < 4.78 is 17.7. The van der Waals surface area contributed by atoms with Crippen LogP contribution in [0.4, 0.5) is 4.39 Å². The van der Waals surface area contributed by atoms with Gasteiger partial charge < -0.3 is 9.84 Å². The van der Waals surface area contributed by atoms with E-state index in [0.29, 0.717) is 12.8 Å². The molecule has 0 unspecified atom stereocenters. The molecule has 0 saturated carbocycles. The maximum Gasteiger partial charge on any atom is 0.344 e. The van der Waals surface area contributed by atoms with Crippen LogP contribution in [0.5, 0.6) is 0 Å². The number of aliphatic hydroxyl groups excluding tert-OH is 1. The fourth-order valence-corrected chi connectivity index (χ4v) is 1.53. The minimum absolute atomic E-state index is 0.441. The summed E-state index contributed by atoms with van der Waals surface area (Å²) in [4.78, 5) is 10.8. The lowest BCUT2D eigenvalue weighted by Crippen LogP contribution is -2.40. The quantitative estimate of drug-likeness (QED) is 0.633. The molecule has 4 heteroatoms. The number of ether oxygens (including phenoxy) is 1. The molecule has 2 atom stereocenters. The van der Waals surface area contributed by atoms with Gasteiger partial charge in [-0.05, 0) is 12.8 Å². The summed E-state index contributed by atoms with van der Waals surface area (Å²) in [6, 6.07) is 0. The fourth-order valence-electron chi connectivity index (χ4n) is 1.53. The summed E-state index contributed by atoms with van der Waals surface area (Å²) in [6.07, 6.45) is -2.29. The second-order valence-corrected chi connectivity index (χ2v) is 3.04. The largest absolute Gasteiger partial charge is 0.454 e. The number of esters is 1. The molecule has 0 aliphatic carbocycles. The Morgan fingerprint density at radius 1 is 1.58 bits per heavy atom. The number of cyclic esters (lactones) is 1. The molecule has 12 heavy (non-hydrogen) atoms. The maximum absolute atomic E-state index is 12.9. The summed E-state index contributed by atoms with van der Waals surface area (Å²) >= 11 is 0. The van der Waals surface area contributed by atoms with Crippen molar-refractivity contribution in [3.63, 3.8) is 0 Å². The Labute approximate surface area is 70.5 Å². The monoisotopic (exact) mass is 176 g/mol. The van der Waals surface area contributed by atoms with Crippen LogP contribution in [0.1, 0.15) is 26.7 Å². The van der Waals surface area contributed by atoms with Gasteiger partial charge in [0.1, 0.15) is 11.7 Å². The first kappa shape index (κ1) is 9.45. The highest BCUT2D eigenvalue weighted by molar-refractivity contribution is 5.78. The second kappa shape index (κ2) is 3.01. The lowest BCUT2D eigenvalue weighted by molar-refractivity contribution is -0.153.